The van der Waals surface area contributed by atoms with E-state index in [1.165, 1.54) is 16.2 Å². The topological polar surface area (TPSA) is 62.3 Å². The van der Waals surface area contributed by atoms with Crippen molar-refractivity contribution in [2.45, 2.75) is 25.8 Å². The highest BCUT2D eigenvalue weighted by atomic mass is 32.1. The predicted molar refractivity (Wildman–Crippen MR) is 61.4 cm³/mol. The molecule has 2 rings (SSSR count). The molecule has 0 aromatic carbocycles. The molecule has 1 atom stereocenters. The molecule has 1 aliphatic rings. The fourth-order valence-electron chi connectivity index (χ4n) is 1.62. The van der Waals surface area contributed by atoms with E-state index in [9.17, 15) is 9.59 Å². The number of hydrogen-bond donors (Lipinski definition) is 1. The number of aromatic nitrogens is 1. The van der Waals surface area contributed by atoms with Gasteiger partial charge in [0.05, 0.1) is 5.69 Å². The summed E-state index contributed by atoms with van der Waals surface area (Å²) in [4.78, 5) is 28.7. The number of thiazole rings is 1. The summed E-state index contributed by atoms with van der Waals surface area (Å²) >= 11 is 1.43. The lowest BCUT2D eigenvalue weighted by Crippen LogP contribution is -2.42. The highest BCUT2D eigenvalue weighted by molar-refractivity contribution is 7.14. The quantitative estimate of drug-likeness (QED) is 0.826. The van der Waals surface area contributed by atoms with Crippen molar-refractivity contribution in [3.8, 4) is 0 Å². The van der Waals surface area contributed by atoms with Gasteiger partial charge in [-0.05, 0) is 13.3 Å². The number of aryl methyl sites for hydroxylation is 1. The van der Waals surface area contributed by atoms with Crippen LogP contribution in [0, 0.1) is 6.92 Å². The van der Waals surface area contributed by atoms with E-state index in [1.807, 2.05) is 12.3 Å². The Morgan fingerprint density at radius 2 is 2.44 bits per heavy atom. The second-order valence-electron chi connectivity index (χ2n) is 3.83. The minimum Gasteiger partial charge on any atom is -0.344 e. The number of rotatable bonds is 2. The van der Waals surface area contributed by atoms with Gasteiger partial charge in [-0.15, -0.1) is 11.3 Å². The van der Waals surface area contributed by atoms with Gasteiger partial charge in [-0.25, -0.2) is 4.98 Å². The van der Waals surface area contributed by atoms with Gasteiger partial charge in [0.15, 0.2) is 5.13 Å². The zero-order chi connectivity index (χ0) is 11.7. The van der Waals surface area contributed by atoms with Crippen LogP contribution in [0.4, 0.5) is 5.13 Å². The minimum atomic E-state index is -0.387. The second-order valence-corrected chi connectivity index (χ2v) is 4.66. The van der Waals surface area contributed by atoms with E-state index >= 15 is 0 Å². The number of anilines is 1. The molecule has 16 heavy (non-hydrogen) atoms. The van der Waals surface area contributed by atoms with Gasteiger partial charge in [-0.3, -0.25) is 14.5 Å². The Morgan fingerprint density at radius 3 is 2.94 bits per heavy atom. The van der Waals surface area contributed by atoms with Crippen molar-refractivity contribution in [3.05, 3.63) is 11.1 Å². The maximum Gasteiger partial charge on any atom is 0.251 e. The Labute approximate surface area is 97.5 Å². The van der Waals surface area contributed by atoms with Crippen molar-refractivity contribution < 1.29 is 9.59 Å². The standard InChI is InChI=1S/C10H13N3O2S/c1-6-5-16-10(11-6)13(2)9(15)7-3-4-8(14)12-7/h5,7H,3-4H2,1-2H3,(H,12,14). The van der Waals surface area contributed by atoms with Crippen molar-refractivity contribution in [1.29, 1.82) is 0 Å². The largest absolute Gasteiger partial charge is 0.344 e. The fourth-order valence-corrected chi connectivity index (χ4v) is 2.40. The Kier molecular flexibility index (Phi) is 2.91. The molecule has 1 unspecified atom stereocenters. The molecule has 86 valence electrons. The summed E-state index contributed by atoms with van der Waals surface area (Å²) in [6, 6.07) is -0.387. The third kappa shape index (κ3) is 2.06. The van der Waals surface area contributed by atoms with Crippen LogP contribution in [0.25, 0.3) is 0 Å². The maximum atomic E-state index is 12.0. The number of carbonyl (C=O) groups excluding carboxylic acids is 2. The molecule has 1 aromatic heterocycles. The van der Waals surface area contributed by atoms with Crippen molar-refractivity contribution in [1.82, 2.24) is 10.3 Å². The Balaban J connectivity index is 2.07. The van der Waals surface area contributed by atoms with Gasteiger partial charge in [0.2, 0.25) is 5.91 Å². The lowest BCUT2D eigenvalue weighted by Gasteiger charge is -2.17. The molecule has 1 fully saturated rings. The summed E-state index contributed by atoms with van der Waals surface area (Å²) in [5, 5.41) is 5.22. The Hall–Kier alpha value is -1.43. The van der Waals surface area contributed by atoms with E-state index < -0.39 is 0 Å². The van der Waals surface area contributed by atoms with Gasteiger partial charge in [0.25, 0.3) is 5.91 Å². The van der Waals surface area contributed by atoms with E-state index in [2.05, 4.69) is 10.3 Å². The first kappa shape index (κ1) is 11.1. The fraction of sp³-hybridized carbons (Fsp3) is 0.500. The minimum absolute atomic E-state index is 0.0536. The van der Waals surface area contributed by atoms with Crippen LogP contribution in [0.3, 0.4) is 0 Å². The first-order chi connectivity index (χ1) is 7.58. The highest BCUT2D eigenvalue weighted by Gasteiger charge is 2.30. The molecule has 5 nitrogen and oxygen atoms in total. The molecule has 2 amide bonds. The van der Waals surface area contributed by atoms with Crippen molar-refractivity contribution >= 4 is 28.3 Å². The number of nitrogens with zero attached hydrogens (tertiary/aromatic N) is 2. The van der Waals surface area contributed by atoms with E-state index in [0.29, 0.717) is 18.0 Å². The normalized spacial score (nSPS) is 19.6. The molecule has 0 spiro atoms. The summed E-state index contributed by atoms with van der Waals surface area (Å²) in [6.45, 7) is 1.88. The summed E-state index contributed by atoms with van der Waals surface area (Å²) in [7, 11) is 1.69. The molecule has 0 bridgehead atoms. The van der Waals surface area contributed by atoms with Gasteiger partial charge in [0.1, 0.15) is 6.04 Å². The molecule has 1 aliphatic heterocycles. The van der Waals surface area contributed by atoms with Crippen LogP contribution < -0.4 is 10.2 Å². The van der Waals surface area contributed by atoms with Crippen LogP contribution in [0.5, 0.6) is 0 Å². The number of nitrogens with one attached hydrogen (secondary N) is 1. The molecule has 1 saturated heterocycles. The monoisotopic (exact) mass is 239 g/mol. The van der Waals surface area contributed by atoms with E-state index in [0.717, 1.165) is 5.69 Å². The summed E-state index contributed by atoms with van der Waals surface area (Å²) < 4.78 is 0. The van der Waals surface area contributed by atoms with E-state index in [1.54, 1.807) is 7.05 Å². The highest BCUT2D eigenvalue weighted by Crippen LogP contribution is 2.20. The second kappa shape index (κ2) is 4.21. The van der Waals surface area contributed by atoms with Crippen molar-refractivity contribution in [3.63, 3.8) is 0 Å². The molecule has 1 N–H and O–H groups in total. The van der Waals surface area contributed by atoms with Crippen molar-refractivity contribution in [2.24, 2.45) is 0 Å². The average Bonchev–Trinajstić information content (AvgIpc) is 2.85. The zero-order valence-corrected chi connectivity index (χ0v) is 10.0. The number of carbonyl (C=O) groups is 2. The average molecular weight is 239 g/mol. The van der Waals surface area contributed by atoms with Crippen LogP contribution in [-0.2, 0) is 9.59 Å². The van der Waals surface area contributed by atoms with E-state index in [4.69, 9.17) is 0 Å². The third-order valence-corrected chi connectivity index (χ3v) is 3.55. The number of likely N-dealkylation sites (N-methyl/N-ethyl adjacent to an activating group) is 1. The van der Waals surface area contributed by atoms with Crippen LogP contribution in [0.15, 0.2) is 5.38 Å². The molecule has 1 aromatic rings. The van der Waals surface area contributed by atoms with Gasteiger partial charge < -0.3 is 5.32 Å². The SMILES string of the molecule is Cc1csc(N(C)C(=O)C2CCC(=O)N2)n1. The lowest BCUT2D eigenvalue weighted by atomic mass is 10.2. The van der Waals surface area contributed by atoms with Gasteiger partial charge >= 0.3 is 0 Å². The summed E-state index contributed by atoms with van der Waals surface area (Å²) in [6.07, 6.45) is 1.01. The van der Waals surface area contributed by atoms with Crippen LogP contribution in [0.2, 0.25) is 0 Å². The smallest absolute Gasteiger partial charge is 0.251 e. The van der Waals surface area contributed by atoms with Crippen molar-refractivity contribution in [2.75, 3.05) is 11.9 Å². The first-order valence-corrected chi connectivity index (χ1v) is 5.95. The predicted octanol–water partition coefficient (Wildman–Crippen LogP) is 0.693. The van der Waals surface area contributed by atoms with Gasteiger partial charge in [-0.1, -0.05) is 0 Å². The van der Waals surface area contributed by atoms with Crippen LogP contribution in [-0.4, -0.2) is 29.9 Å². The number of amides is 2. The van der Waals surface area contributed by atoms with Crippen LogP contribution >= 0.6 is 11.3 Å². The molecule has 0 radical (unpaired) electrons. The zero-order valence-electron chi connectivity index (χ0n) is 9.19. The number of hydrogen-bond acceptors (Lipinski definition) is 4. The third-order valence-electron chi connectivity index (χ3n) is 2.52. The molecule has 2 heterocycles. The first-order valence-electron chi connectivity index (χ1n) is 5.07. The summed E-state index contributed by atoms with van der Waals surface area (Å²) in [5.41, 5.74) is 0.898. The van der Waals surface area contributed by atoms with Crippen LogP contribution in [0.1, 0.15) is 18.5 Å². The molecular weight excluding hydrogens is 226 g/mol. The molecular formula is C10H13N3O2S. The van der Waals surface area contributed by atoms with E-state index in [-0.39, 0.29) is 17.9 Å². The Bertz CT molecular complexity index is 429. The lowest BCUT2D eigenvalue weighted by molar-refractivity contribution is -0.123. The van der Waals surface area contributed by atoms with Gasteiger partial charge in [0, 0.05) is 18.8 Å². The molecule has 0 aliphatic carbocycles. The van der Waals surface area contributed by atoms with Gasteiger partial charge in [-0.2, -0.15) is 0 Å². The maximum absolute atomic E-state index is 12.0. The molecule has 6 heteroatoms. The Morgan fingerprint density at radius 1 is 1.69 bits per heavy atom. The summed E-state index contributed by atoms with van der Waals surface area (Å²) in [5.74, 6) is -0.151. The molecule has 0 saturated carbocycles.